The minimum Gasteiger partial charge on any atom is -0.493 e. The lowest BCUT2D eigenvalue weighted by atomic mass is 10.1. The highest BCUT2D eigenvalue weighted by molar-refractivity contribution is 5.73. The first kappa shape index (κ1) is 19.8. The zero-order chi connectivity index (χ0) is 19.5. The van der Waals surface area contributed by atoms with Crippen LogP contribution in [0.25, 0.3) is 0 Å². The fourth-order valence-electron chi connectivity index (χ4n) is 2.35. The number of methoxy groups -OCH3 is 2. The van der Waals surface area contributed by atoms with Crippen LogP contribution in [0.15, 0.2) is 36.5 Å². The maximum Gasteiger partial charge on any atom is 0.314 e. The Labute approximate surface area is 158 Å². The molecule has 1 aromatic heterocycles. The average molecular weight is 369 g/mol. The zero-order valence-electron chi connectivity index (χ0n) is 15.4. The Morgan fingerprint density at radius 1 is 1.07 bits per heavy atom. The summed E-state index contributed by atoms with van der Waals surface area (Å²) in [4.78, 5) is 15.9. The second-order valence-electron chi connectivity index (χ2n) is 5.59. The molecule has 2 rings (SSSR count). The summed E-state index contributed by atoms with van der Waals surface area (Å²) in [6, 6.07) is 10.9. The third-order valence-corrected chi connectivity index (χ3v) is 3.76. The number of anilines is 1. The minimum absolute atomic E-state index is 0.231. The Balaban J connectivity index is 1.64. The van der Waals surface area contributed by atoms with Gasteiger partial charge in [0.05, 0.1) is 19.8 Å². The van der Waals surface area contributed by atoms with Gasteiger partial charge in [-0.2, -0.15) is 5.26 Å². The first-order valence-electron chi connectivity index (χ1n) is 8.49. The van der Waals surface area contributed by atoms with Crippen LogP contribution in [0.1, 0.15) is 11.1 Å². The van der Waals surface area contributed by atoms with E-state index in [1.165, 1.54) is 6.20 Å². The van der Waals surface area contributed by atoms with E-state index in [0.29, 0.717) is 48.9 Å². The number of nitrogens with zero attached hydrogens (tertiary/aromatic N) is 2. The van der Waals surface area contributed by atoms with Crippen LogP contribution in [0.2, 0.25) is 0 Å². The molecule has 8 heteroatoms. The number of urea groups is 1. The summed E-state index contributed by atoms with van der Waals surface area (Å²) >= 11 is 0. The van der Waals surface area contributed by atoms with Crippen LogP contribution in [0.3, 0.4) is 0 Å². The van der Waals surface area contributed by atoms with Crippen molar-refractivity contribution in [1.29, 1.82) is 5.26 Å². The summed E-state index contributed by atoms with van der Waals surface area (Å²) < 4.78 is 10.5. The molecule has 0 saturated carbocycles. The van der Waals surface area contributed by atoms with Crippen LogP contribution in [0.4, 0.5) is 10.6 Å². The number of pyridine rings is 1. The Morgan fingerprint density at radius 3 is 2.52 bits per heavy atom. The maximum absolute atomic E-state index is 11.8. The van der Waals surface area contributed by atoms with Crippen molar-refractivity contribution in [3.05, 3.63) is 47.7 Å². The molecule has 1 aromatic carbocycles. The predicted molar refractivity (Wildman–Crippen MR) is 102 cm³/mol. The minimum atomic E-state index is -0.231. The number of hydrogen-bond donors (Lipinski definition) is 3. The van der Waals surface area contributed by atoms with Crippen molar-refractivity contribution in [3.8, 4) is 17.6 Å². The van der Waals surface area contributed by atoms with Crippen molar-refractivity contribution in [1.82, 2.24) is 15.6 Å². The fraction of sp³-hybridized carbons (Fsp3) is 0.316. The number of hydrogen-bond acceptors (Lipinski definition) is 6. The number of nitrogens with one attached hydrogen (secondary N) is 3. The Bertz CT molecular complexity index is 787. The van der Waals surface area contributed by atoms with E-state index in [9.17, 15) is 4.79 Å². The van der Waals surface area contributed by atoms with E-state index in [2.05, 4.69) is 20.9 Å². The molecular formula is C19H23N5O3. The molecule has 0 fully saturated rings. The van der Waals surface area contributed by atoms with Crippen molar-refractivity contribution in [2.45, 2.75) is 6.42 Å². The van der Waals surface area contributed by atoms with Crippen LogP contribution in [-0.4, -0.2) is 44.9 Å². The smallest absolute Gasteiger partial charge is 0.314 e. The second kappa shape index (κ2) is 10.5. The third kappa shape index (κ3) is 6.40. The summed E-state index contributed by atoms with van der Waals surface area (Å²) in [6.07, 6.45) is 2.18. The molecule has 0 atom stereocenters. The third-order valence-electron chi connectivity index (χ3n) is 3.76. The number of benzene rings is 1. The first-order chi connectivity index (χ1) is 13.2. The second-order valence-corrected chi connectivity index (χ2v) is 5.59. The number of carbonyl (C=O) groups excluding carboxylic acids is 1. The van der Waals surface area contributed by atoms with Gasteiger partial charge in [-0.25, -0.2) is 9.78 Å². The number of amides is 2. The predicted octanol–water partition coefficient (Wildman–Crippen LogP) is 1.92. The van der Waals surface area contributed by atoms with Crippen molar-refractivity contribution in [2.75, 3.05) is 39.2 Å². The number of rotatable bonds is 9. The molecule has 0 unspecified atom stereocenters. The molecule has 2 amide bonds. The molecule has 0 saturated heterocycles. The number of carbonyl (C=O) groups is 1. The van der Waals surface area contributed by atoms with Gasteiger partial charge in [0, 0.05) is 25.8 Å². The van der Waals surface area contributed by atoms with Crippen LogP contribution in [0.5, 0.6) is 11.5 Å². The molecule has 27 heavy (non-hydrogen) atoms. The molecule has 0 aliphatic carbocycles. The molecule has 0 spiro atoms. The fourth-order valence-corrected chi connectivity index (χ4v) is 2.35. The van der Waals surface area contributed by atoms with Crippen molar-refractivity contribution < 1.29 is 14.3 Å². The van der Waals surface area contributed by atoms with Gasteiger partial charge in [-0.3, -0.25) is 0 Å². The Morgan fingerprint density at radius 2 is 1.85 bits per heavy atom. The van der Waals surface area contributed by atoms with Gasteiger partial charge in [0.15, 0.2) is 11.5 Å². The number of ether oxygens (including phenoxy) is 2. The highest BCUT2D eigenvalue weighted by Gasteiger charge is 2.05. The average Bonchev–Trinajstić information content (AvgIpc) is 2.71. The first-order valence-corrected chi connectivity index (χ1v) is 8.49. The van der Waals surface area contributed by atoms with Gasteiger partial charge >= 0.3 is 6.03 Å². The maximum atomic E-state index is 11.8. The van der Waals surface area contributed by atoms with E-state index < -0.39 is 0 Å². The van der Waals surface area contributed by atoms with Gasteiger partial charge < -0.3 is 25.4 Å². The summed E-state index contributed by atoms with van der Waals surface area (Å²) in [5, 5.41) is 17.4. The molecule has 142 valence electrons. The van der Waals surface area contributed by atoms with Gasteiger partial charge in [0.25, 0.3) is 0 Å². The van der Waals surface area contributed by atoms with Gasteiger partial charge in [0.1, 0.15) is 11.9 Å². The lowest BCUT2D eigenvalue weighted by molar-refractivity contribution is 0.241. The lowest BCUT2D eigenvalue weighted by Crippen LogP contribution is -2.38. The van der Waals surface area contributed by atoms with Gasteiger partial charge in [-0.15, -0.1) is 0 Å². The molecule has 0 aliphatic rings. The molecule has 0 radical (unpaired) electrons. The lowest BCUT2D eigenvalue weighted by Gasteiger charge is -2.11. The summed E-state index contributed by atoms with van der Waals surface area (Å²) in [5.74, 6) is 2.00. The van der Waals surface area contributed by atoms with Gasteiger partial charge in [-0.05, 0) is 36.2 Å². The van der Waals surface area contributed by atoms with Crippen LogP contribution >= 0.6 is 0 Å². The summed E-state index contributed by atoms with van der Waals surface area (Å²) in [6.45, 7) is 1.48. The van der Waals surface area contributed by atoms with Crippen LogP contribution in [0, 0.1) is 11.3 Å². The molecule has 2 aromatic rings. The number of aromatic nitrogens is 1. The molecule has 1 heterocycles. The SMILES string of the molecule is COc1ccc(CCNC(=O)NCCNc2ccc(C#N)cn2)cc1OC. The van der Waals surface area contributed by atoms with E-state index >= 15 is 0 Å². The van der Waals surface area contributed by atoms with E-state index in [-0.39, 0.29) is 6.03 Å². The molecule has 8 nitrogen and oxygen atoms in total. The summed E-state index contributed by atoms with van der Waals surface area (Å²) in [7, 11) is 3.18. The Hall–Kier alpha value is -3.47. The zero-order valence-corrected chi connectivity index (χ0v) is 15.4. The molecule has 0 aliphatic heterocycles. The Kier molecular flexibility index (Phi) is 7.72. The van der Waals surface area contributed by atoms with E-state index in [1.807, 2.05) is 24.3 Å². The highest BCUT2D eigenvalue weighted by atomic mass is 16.5. The van der Waals surface area contributed by atoms with E-state index in [0.717, 1.165) is 5.56 Å². The number of nitriles is 1. The largest absolute Gasteiger partial charge is 0.493 e. The van der Waals surface area contributed by atoms with E-state index in [1.54, 1.807) is 26.4 Å². The van der Waals surface area contributed by atoms with Gasteiger partial charge in [-0.1, -0.05) is 6.07 Å². The topological polar surface area (TPSA) is 108 Å². The van der Waals surface area contributed by atoms with Crippen LogP contribution < -0.4 is 25.4 Å². The molecule has 3 N–H and O–H groups in total. The van der Waals surface area contributed by atoms with Crippen LogP contribution in [-0.2, 0) is 6.42 Å². The monoisotopic (exact) mass is 369 g/mol. The quantitative estimate of drug-likeness (QED) is 0.583. The standard InChI is InChI=1S/C19H23N5O3/c1-26-16-5-3-14(11-17(16)27-2)7-8-22-19(25)23-10-9-21-18-6-4-15(12-20)13-24-18/h3-6,11,13H,7-10H2,1-2H3,(H,21,24)(H2,22,23,25). The normalized spacial score (nSPS) is 9.81. The molecule has 0 bridgehead atoms. The van der Waals surface area contributed by atoms with Gasteiger partial charge in [0.2, 0.25) is 0 Å². The molecular weight excluding hydrogens is 346 g/mol. The highest BCUT2D eigenvalue weighted by Crippen LogP contribution is 2.27. The van der Waals surface area contributed by atoms with E-state index in [4.69, 9.17) is 14.7 Å². The van der Waals surface area contributed by atoms with Crippen molar-refractivity contribution >= 4 is 11.8 Å². The summed E-state index contributed by atoms with van der Waals surface area (Å²) in [5.41, 5.74) is 1.55. The van der Waals surface area contributed by atoms with Crippen molar-refractivity contribution in [2.24, 2.45) is 0 Å². The van der Waals surface area contributed by atoms with Crippen molar-refractivity contribution in [3.63, 3.8) is 0 Å².